The Kier molecular flexibility index (Phi) is 3.87. The van der Waals surface area contributed by atoms with Gasteiger partial charge in [0, 0.05) is 17.8 Å². The molecule has 0 bridgehead atoms. The van der Waals surface area contributed by atoms with Crippen LogP contribution in [-0.4, -0.2) is 5.11 Å². The van der Waals surface area contributed by atoms with Crippen LogP contribution in [0.2, 0.25) is 0 Å². The second kappa shape index (κ2) is 5.40. The van der Waals surface area contributed by atoms with Crippen molar-refractivity contribution in [2.24, 2.45) is 0 Å². The molecule has 4 heteroatoms. The molecule has 0 aromatic heterocycles. The molecule has 0 aliphatic heterocycles. The van der Waals surface area contributed by atoms with Crippen molar-refractivity contribution >= 4 is 21.6 Å². The van der Waals surface area contributed by atoms with Gasteiger partial charge in [0.25, 0.3) is 0 Å². The first-order valence-electron chi connectivity index (χ1n) is 5.54. The van der Waals surface area contributed by atoms with Crippen molar-refractivity contribution in [1.29, 1.82) is 0 Å². The summed E-state index contributed by atoms with van der Waals surface area (Å²) in [6.45, 7) is 2.35. The van der Waals surface area contributed by atoms with Crippen LogP contribution in [0.3, 0.4) is 0 Å². The Bertz CT molecular complexity index is 572. The number of aromatic hydroxyl groups is 1. The van der Waals surface area contributed by atoms with Crippen LogP contribution in [0.5, 0.6) is 5.75 Å². The minimum absolute atomic E-state index is 0.293. The first kappa shape index (κ1) is 12.9. The van der Waals surface area contributed by atoms with Gasteiger partial charge in [0.15, 0.2) is 0 Å². The van der Waals surface area contributed by atoms with Gasteiger partial charge in [-0.3, -0.25) is 0 Å². The first-order valence-corrected chi connectivity index (χ1v) is 6.33. The lowest BCUT2D eigenvalue weighted by Gasteiger charge is -2.10. The number of nitrogens with one attached hydrogen (secondary N) is 1. The zero-order valence-electron chi connectivity index (χ0n) is 9.87. The fourth-order valence-electron chi connectivity index (χ4n) is 1.67. The predicted molar refractivity (Wildman–Crippen MR) is 74.3 cm³/mol. The lowest BCUT2D eigenvalue weighted by molar-refractivity contribution is 0.465. The zero-order valence-corrected chi connectivity index (χ0v) is 11.5. The van der Waals surface area contributed by atoms with E-state index in [0.717, 1.165) is 16.8 Å². The Morgan fingerprint density at radius 1 is 1.28 bits per heavy atom. The molecule has 0 spiro atoms. The van der Waals surface area contributed by atoms with E-state index in [-0.39, 0.29) is 5.82 Å². The summed E-state index contributed by atoms with van der Waals surface area (Å²) in [5, 5.41) is 13.0. The molecular weight excluding hydrogens is 297 g/mol. The van der Waals surface area contributed by atoms with Crippen molar-refractivity contribution in [3.05, 3.63) is 57.8 Å². The number of halogens is 2. The van der Waals surface area contributed by atoms with Crippen molar-refractivity contribution in [1.82, 2.24) is 0 Å². The van der Waals surface area contributed by atoms with Crippen molar-refractivity contribution in [3.63, 3.8) is 0 Å². The van der Waals surface area contributed by atoms with Gasteiger partial charge in [-0.1, -0.05) is 18.2 Å². The zero-order chi connectivity index (χ0) is 13.1. The van der Waals surface area contributed by atoms with Gasteiger partial charge < -0.3 is 10.4 Å². The summed E-state index contributed by atoms with van der Waals surface area (Å²) >= 11 is 3.13. The highest BCUT2D eigenvalue weighted by atomic mass is 79.9. The Morgan fingerprint density at radius 2 is 2.06 bits per heavy atom. The highest BCUT2D eigenvalue weighted by Crippen LogP contribution is 2.24. The second-order valence-corrected chi connectivity index (χ2v) is 4.92. The summed E-state index contributed by atoms with van der Waals surface area (Å²) in [7, 11) is 0. The molecule has 0 fully saturated rings. The molecule has 18 heavy (non-hydrogen) atoms. The van der Waals surface area contributed by atoms with Crippen LogP contribution >= 0.6 is 15.9 Å². The number of phenols is 1. The number of para-hydroxylation sites is 1. The molecule has 2 nitrogen and oxygen atoms in total. The topological polar surface area (TPSA) is 32.3 Å². The third-order valence-electron chi connectivity index (χ3n) is 2.72. The molecule has 0 unspecified atom stereocenters. The summed E-state index contributed by atoms with van der Waals surface area (Å²) in [6.07, 6.45) is 0. The van der Waals surface area contributed by atoms with E-state index in [9.17, 15) is 9.50 Å². The molecule has 0 saturated heterocycles. The Hall–Kier alpha value is -1.55. The fraction of sp³-hybridized carbons (Fsp3) is 0.143. The maximum atomic E-state index is 13.1. The molecule has 2 N–H and O–H groups in total. The molecule has 2 aromatic carbocycles. The van der Waals surface area contributed by atoms with Crippen LogP contribution in [0.4, 0.5) is 10.1 Å². The predicted octanol–water partition coefficient (Wildman–Crippen LogP) is 4.21. The average molecular weight is 310 g/mol. The van der Waals surface area contributed by atoms with Crippen LogP contribution in [-0.2, 0) is 6.54 Å². The Labute approximate surface area is 114 Å². The quantitative estimate of drug-likeness (QED) is 0.890. The molecule has 0 saturated carbocycles. The molecule has 0 heterocycles. The lowest BCUT2D eigenvalue weighted by Crippen LogP contribution is -2.00. The van der Waals surface area contributed by atoms with Crippen LogP contribution < -0.4 is 5.32 Å². The van der Waals surface area contributed by atoms with Crippen LogP contribution in [0.25, 0.3) is 0 Å². The van der Waals surface area contributed by atoms with Gasteiger partial charge in [-0.05, 0) is 46.6 Å². The van der Waals surface area contributed by atoms with Gasteiger partial charge in [-0.25, -0.2) is 4.39 Å². The highest BCUT2D eigenvalue weighted by Gasteiger charge is 2.04. The molecular formula is C14H13BrFNO. The maximum absolute atomic E-state index is 13.1. The molecule has 0 aliphatic rings. The maximum Gasteiger partial charge on any atom is 0.137 e. The van der Waals surface area contributed by atoms with Gasteiger partial charge >= 0.3 is 0 Å². The normalized spacial score (nSPS) is 10.4. The summed E-state index contributed by atoms with van der Waals surface area (Å²) < 4.78 is 13.5. The van der Waals surface area contributed by atoms with E-state index in [1.807, 2.05) is 25.1 Å². The van der Waals surface area contributed by atoms with E-state index in [1.54, 1.807) is 12.1 Å². The number of rotatable bonds is 3. The largest absolute Gasteiger partial charge is 0.507 e. The summed E-state index contributed by atoms with van der Waals surface area (Å²) in [5.74, 6) is 0.00475. The molecule has 0 atom stereocenters. The van der Waals surface area contributed by atoms with E-state index in [2.05, 4.69) is 21.2 Å². The fourth-order valence-corrected chi connectivity index (χ4v) is 2.04. The third kappa shape index (κ3) is 2.82. The molecule has 94 valence electrons. The van der Waals surface area contributed by atoms with Gasteiger partial charge in [-0.15, -0.1) is 0 Å². The standard InChI is InChI=1S/C14H13BrFNO/c1-9-3-2-4-10(14(9)18)8-17-11-5-6-13(16)12(15)7-11/h2-7,17-18H,8H2,1H3. The number of benzene rings is 2. The first-order chi connectivity index (χ1) is 8.58. The SMILES string of the molecule is Cc1cccc(CNc2ccc(F)c(Br)c2)c1O. The summed E-state index contributed by atoms with van der Waals surface area (Å²) in [6, 6.07) is 10.3. The molecule has 0 aliphatic carbocycles. The van der Waals surface area contributed by atoms with Crippen molar-refractivity contribution in [3.8, 4) is 5.75 Å². The molecule has 0 radical (unpaired) electrons. The lowest BCUT2D eigenvalue weighted by atomic mass is 10.1. The van der Waals surface area contributed by atoms with E-state index >= 15 is 0 Å². The average Bonchev–Trinajstić information content (AvgIpc) is 2.35. The number of aryl methyl sites for hydroxylation is 1. The van der Waals surface area contributed by atoms with Crippen molar-refractivity contribution in [2.45, 2.75) is 13.5 Å². The second-order valence-electron chi connectivity index (χ2n) is 4.07. The van der Waals surface area contributed by atoms with Crippen molar-refractivity contribution in [2.75, 3.05) is 5.32 Å². The van der Waals surface area contributed by atoms with E-state index in [1.165, 1.54) is 6.07 Å². The van der Waals surface area contributed by atoms with Gasteiger partial charge in [-0.2, -0.15) is 0 Å². The van der Waals surface area contributed by atoms with Crippen molar-refractivity contribution < 1.29 is 9.50 Å². The van der Waals surface area contributed by atoms with E-state index in [4.69, 9.17) is 0 Å². The summed E-state index contributed by atoms with van der Waals surface area (Å²) in [5.41, 5.74) is 2.45. The van der Waals surface area contributed by atoms with Crippen LogP contribution in [0, 0.1) is 12.7 Å². The Morgan fingerprint density at radius 3 is 2.78 bits per heavy atom. The van der Waals surface area contributed by atoms with Crippen LogP contribution in [0.15, 0.2) is 40.9 Å². The number of phenolic OH excluding ortho intramolecular Hbond substituents is 1. The summed E-state index contributed by atoms with van der Waals surface area (Å²) in [4.78, 5) is 0. The van der Waals surface area contributed by atoms with E-state index in [0.29, 0.717) is 16.8 Å². The minimum Gasteiger partial charge on any atom is -0.507 e. The van der Waals surface area contributed by atoms with Gasteiger partial charge in [0.1, 0.15) is 11.6 Å². The smallest absolute Gasteiger partial charge is 0.137 e. The highest BCUT2D eigenvalue weighted by molar-refractivity contribution is 9.10. The Balaban J connectivity index is 2.11. The monoisotopic (exact) mass is 309 g/mol. The third-order valence-corrected chi connectivity index (χ3v) is 3.33. The van der Waals surface area contributed by atoms with Gasteiger partial charge in [0.2, 0.25) is 0 Å². The molecule has 2 rings (SSSR count). The number of hydrogen-bond acceptors (Lipinski definition) is 2. The molecule has 2 aromatic rings. The molecule has 0 amide bonds. The van der Waals surface area contributed by atoms with Gasteiger partial charge in [0.05, 0.1) is 4.47 Å². The van der Waals surface area contributed by atoms with E-state index < -0.39 is 0 Å². The number of hydrogen-bond donors (Lipinski definition) is 2. The minimum atomic E-state index is -0.293. The number of anilines is 1. The van der Waals surface area contributed by atoms with Crippen LogP contribution in [0.1, 0.15) is 11.1 Å².